The van der Waals surface area contributed by atoms with E-state index in [-0.39, 0.29) is 0 Å². The summed E-state index contributed by atoms with van der Waals surface area (Å²) >= 11 is 0. The number of hydrogen-bond donors (Lipinski definition) is 8. The number of rotatable bonds is 6. The number of hydrogen-bond acceptors (Lipinski definition) is 11. The van der Waals surface area contributed by atoms with Crippen LogP contribution in [-0.2, 0) is 14.2 Å². The predicted octanol–water partition coefficient (Wildman–Crippen LogP) is -2.66. The van der Waals surface area contributed by atoms with Crippen molar-refractivity contribution >= 4 is 5.69 Å². The quantitative estimate of drug-likeness (QED) is 0.229. The minimum Gasteiger partial charge on any atom is -0.394 e. The first-order chi connectivity index (χ1) is 14.7. The number of anilines is 1. The summed E-state index contributed by atoms with van der Waals surface area (Å²) in [5.74, 6) is 0. The van der Waals surface area contributed by atoms with E-state index in [1.807, 2.05) is 26.0 Å². The molecule has 2 fully saturated rings. The van der Waals surface area contributed by atoms with Crippen LogP contribution in [0, 0.1) is 13.8 Å². The highest BCUT2D eigenvalue weighted by Crippen LogP contribution is 2.30. The normalized spacial score (nSPS) is 41.2. The van der Waals surface area contributed by atoms with Gasteiger partial charge in [-0.1, -0.05) is 6.07 Å². The Hall–Kier alpha value is -1.38. The van der Waals surface area contributed by atoms with E-state index < -0.39 is 74.6 Å². The summed E-state index contributed by atoms with van der Waals surface area (Å²) in [6, 6.07) is 5.52. The Kier molecular flexibility index (Phi) is 7.86. The maximum Gasteiger partial charge on any atom is 0.187 e. The fourth-order valence-corrected chi connectivity index (χ4v) is 3.70. The number of ether oxygens (including phenoxy) is 3. The third-order valence-corrected chi connectivity index (χ3v) is 5.82. The van der Waals surface area contributed by atoms with Crippen LogP contribution in [0.4, 0.5) is 5.69 Å². The lowest BCUT2D eigenvalue weighted by molar-refractivity contribution is -0.340. The summed E-state index contributed by atoms with van der Waals surface area (Å²) in [7, 11) is 0. The van der Waals surface area contributed by atoms with Gasteiger partial charge in [-0.05, 0) is 37.1 Å². The second kappa shape index (κ2) is 10.0. The molecule has 0 amide bonds. The average Bonchev–Trinajstić information content (AvgIpc) is 2.75. The number of nitrogens with one attached hydrogen (secondary N) is 1. The molecule has 176 valence electrons. The maximum atomic E-state index is 10.6. The van der Waals surface area contributed by atoms with Crippen LogP contribution >= 0.6 is 0 Å². The minimum atomic E-state index is -1.70. The first-order valence-electron chi connectivity index (χ1n) is 10.1. The van der Waals surface area contributed by atoms with Crippen LogP contribution in [0.5, 0.6) is 0 Å². The van der Waals surface area contributed by atoms with E-state index in [9.17, 15) is 35.7 Å². The van der Waals surface area contributed by atoms with Crippen molar-refractivity contribution in [3.63, 3.8) is 0 Å². The van der Waals surface area contributed by atoms with Gasteiger partial charge in [-0.2, -0.15) is 0 Å². The van der Waals surface area contributed by atoms with Crippen molar-refractivity contribution in [2.45, 2.75) is 75.2 Å². The van der Waals surface area contributed by atoms with Crippen LogP contribution in [0.3, 0.4) is 0 Å². The van der Waals surface area contributed by atoms with Crippen LogP contribution < -0.4 is 5.32 Å². The van der Waals surface area contributed by atoms with Crippen molar-refractivity contribution in [1.82, 2.24) is 0 Å². The molecule has 0 aromatic heterocycles. The fourth-order valence-electron chi connectivity index (χ4n) is 3.70. The highest BCUT2D eigenvalue weighted by molar-refractivity contribution is 5.48. The monoisotopic (exact) mass is 445 g/mol. The molecule has 10 atom stereocenters. The number of aliphatic hydroxyl groups excluding tert-OH is 7. The molecule has 0 unspecified atom stereocenters. The molecule has 11 nitrogen and oxygen atoms in total. The zero-order valence-corrected chi connectivity index (χ0v) is 17.3. The van der Waals surface area contributed by atoms with Gasteiger partial charge >= 0.3 is 0 Å². The lowest BCUT2D eigenvalue weighted by atomic mass is 9.96. The van der Waals surface area contributed by atoms with Crippen LogP contribution in [-0.4, -0.2) is 110 Å². The van der Waals surface area contributed by atoms with Crippen molar-refractivity contribution in [3.8, 4) is 0 Å². The van der Waals surface area contributed by atoms with Gasteiger partial charge in [-0.25, -0.2) is 0 Å². The van der Waals surface area contributed by atoms with Gasteiger partial charge in [0.2, 0.25) is 0 Å². The SMILES string of the molecule is Cc1ccc(N[C@H]2O[C@@H](CO)[C@@H](O[C@@H]3O[C@@H](CO)[C@@H](O)[C@@H](O)[C@@H]3O)[C@@H](O)[C@@H]2O)cc1C. The molecule has 1 aromatic rings. The molecule has 0 bridgehead atoms. The molecule has 2 aliphatic heterocycles. The third kappa shape index (κ3) is 5.01. The molecule has 2 aliphatic rings. The Morgan fingerprint density at radius 3 is 2.10 bits per heavy atom. The van der Waals surface area contributed by atoms with Gasteiger partial charge in [0.1, 0.15) is 48.8 Å². The molecule has 31 heavy (non-hydrogen) atoms. The van der Waals surface area contributed by atoms with E-state index in [0.29, 0.717) is 5.69 Å². The maximum absolute atomic E-state index is 10.6. The van der Waals surface area contributed by atoms with E-state index in [4.69, 9.17) is 14.2 Å². The molecule has 0 aliphatic carbocycles. The lowest BCUT2D eigenvalue weighted by Crippen LogP contribution is -2.65. The second-order valence-corrected chi connectivity index (χ2v) is 8.00. The summed E-state index contributed by atoms with van der Waals surface area (Å²) < 4.78 is 16.5. The number of aryl methyl sites for hydroxylation is 2. The second-order valence-electron chi connectivity index (χ2n) is 8.00. The summed E-state index contributed by atoms with van der Waals surface area (Å²) in [6.07, 6.45) is -14.2. The van der Waals surface area contributed by atoms with Crippen molar-refractivity contribution in [3.05, 3.63) is 29.3 Å². The molecular weight excluding hydrogens is 414 g/mol. The van der Waals surface area contributed by atoms with Gasteiger partial charge in [0.05, 0.1) is 13.2 Å². The largest absolute Gasteiger partial charge is 0.394 e. The Bertz CT molecular complexity index is 732. The Labute approximate surface area is 179 Å². The zero-order valence-electron chi connectivity index (χ0n) is 17.3. The topological polar surface area (TPSA) is 181 Å². The summed E-state index contributed by atoms with van der Waals surface area (Å²) in [5, 5.41) is 73.2. The molecule has 3 rings (SSSR count). The average molecular weight is 445 g/mol. The Morgan fingerprint density at radius 1 is 0.806 bits per heavy atom. The zero-order chi connectivity index (χ0) is 22.9. The Morgan fingerprint density at radius 2 is 1.48 bits per heavy atom. The summed E-state index contributed by atoms with van der Waals surface area (Å²) in [6.45, 7) is 2.64. The van der Waals surface area contributed by atoms with Gasteiger partial charge in [0.15, 0.2) is 12.5 Å². The first-order valence-corrected chi connectivity index (χ1v) is 10.1. The molecule has 0 radical (unpaired) electrons. The van der Waals surface area contributed by atoms with E-state index in [0.717, 1.165) is 11.1 Å². The van der Waals surface area contributed by atoms with Crippen molar-refractivity contribution in [1.29, 1.82) is 0 Å². The number of aliphatic hydroxyl groups is 7. The van der Waals surface area contributed by atoms with Crippen molar-refractivity contribution < 1.29 is 50.0 Å². The van der Waals surface area contributed by atoms with Crippen molar-refractivity contribution in [2.24, 2.45) is 0 Å². The molecule has 8 N–H and O–H groups in total. The lowest BCUT2D eigenvalue weighted by Gasteiger charge is -2.46. The molecular formula is C20H31NO10. The predicted molar refractivity (Wildman–Crippen MR) is 106 cm³/mol. The molecule has 11 heteroatoms. The highest BCUT2D eigenvalue weighted by Gasteiger charge is 2.50. The van der Waals surface area contributed by atoms with Crippen LogP contribution in [0.2, 0.25) is 0 Å². The standard InChI is InChI=1S/C20H31NO10/c1-8-3-4-10(5-9(8)2)21-19-16(27)15(26)18(12(7-23)29-19)31-20-17(28)14(25)13(24)11(6-22)30-20/h3-5,11-28H,6-7H2,1-2H3/t11-,12-,13+,14+,15-,16-,17-,18+,19-,20-/m0/s1. The minimum absolute atomic E-state index is 0.586. The van der Waals surface area contributed by atoms with Gasteiger partial charge in [-0.15, -0.1) is 0 Å². The van der Waals surface area contributed by atoms with Gasteiger partial charge < -0.3 is 55.3 Å². The molecule has 2 saturated heterocycles. The van der Waals surface area contributed by atoms with Crippen molar-refractivity contribution in [2.75, 3.05) is 18.5 Å². The van der Waals surface area contributed by atoms with Crippen LogP contribution in [0.15, 0.2) is 18.2 Å². The van der Waals surface area contributed by atoms with Gasteiger partial charge in [0, 0.05) is 5.69 Å². The van der Waals surface area contributed by atoms with Gasteiger partial charge in [0.25, 0.3) is 0 Å². The smallest absolute Gasteiger partial charge is 0.187 e. The van der Waals surface area contributed by atoms with Crippen LogP contribution in [0.25, 0.3) is 0 Å². The highest BCUT2D eigenvalue weighted by atomic mass is 16.7. The molecule has 0 saturated carbocycles. The first kappa shape index (κ1) is 24.3. The van der Waals surface area contributed by atoms with E-state index >= 15 is 0 Å². The summed E-state index contributed by atoms with van der Waals surface area (Å²) in [4.78, 5) is 0. The molecule has 0 spiro atoms. The number of benzene rings is 1. The van der Waals surface area contributed by atoms with E-state index in [1.54, 1.807) is 6.07 Å². The Balaban J connectivity index is 1.72. The summed E-state index contributed by atoms with van der Waals surface area (Å²) in [5.41, 5.74) is 2.74. The van der Waals surface area contributed by atoms with E-state index in [2.05, 4.69) is 5.32 Å². The van der Waals surface area contributed by atoms with E-state index in [1.165, 1.54) is 0 Å². The van der Waals surface area contributed by atoms with Gasteiger partial charge in [-0.3, -0.25) is 0 Å². The molecule has 2 heterocycles. The molecule has 1 aromatic carbocycles. The van der Waals surface area contributed by atoms with Crippen LogP contribution in [0.1, 0.15) is 11.1 Å². The third-order valence-electron chi connectivity index (χ3n) is 5.82. The fraction of sp³-hybridized carbons (Fsp3) is 0.700.